The Bertz CT molecular complexity index is 792. The van der Waals surface area contributed by atoms with Crippen LogP contribution >= 0.6 is 0 Å². The van der Waals surface area contributed by atoms with E-state index in [1.165, 1.54) is 12.1 Å². The van der Waals surface area contributed by atoms with Crippen LogP contribution in [0.5, 0.6) is 0 Å². The fraction of sp³-hybridized carbons (Fsp3) is 0.474. The number of nitrogens with zero attached hydrogens (tertiary/aromatic N) is 2. The van der Waals surface area contributed by atoms with Gasteiger partial charge in [0.25, 0.3) is 0 Å². The molecule has 5 nitrogen and oxygen atoms in total. The first kappa shape index (κ1) is 17.6. The summed E-state index contributed by atoms with van der Waals surface area (Å²) in [5, 5.41) is 19.4. The zero-order valence-electron chi connectivity index (χ0n) is 14.3. The summed E-state index contributed by atoms with van der Waals surface area (Å²) >= 11 is 0. The van der Waals surface area contributed by atoms with Gasteiger partial charge in [-0.15, -0.1) is 0 Å². The van der Waals surface area contributed by atoms with Crippen LogP contribution in [0.2, 0.25) is 0 Å². The van der Waals surface area contributed by atoms with Crippen LogP contribution in [-0.4, -0.2) is 40.4 Å². The third-order valence-corrected chi connectivity index (χ3v) is 4.93. The molecule has 0 spiro atoms. The Labute approximate surface area is 146 Å². The zero-order chi connectivity index (χ0) is 18.0. The number of aliphatic hydroxyl groups is 1. The lowest BCUT2D eigenvalue weighted by molar-refractivity contribution is -0.136. The highest BCUT2D eigenvalue weighted by atomic mass is 19.1. The maximum atomic E-state index is 13.9. The van der Waals surface area contributed by atoms with Crippen LogP contribution in [0.1, 0.15) is 36.9 Å². The SMILES string of the molecule is Cc1nc2ccc(F)cc2c(N2CCCCC2CCO)c1CC(=O)O. The number of pyridine rings is 1. The average molecular weight is 346 g/mol. The van der Waals surface area contributed by atoms with E-state index in [2.05, 4.69) is 9.88 Å². The Balaban J connectivity index is 2.24. The number of carboxylic acids is 1. The predicted molar refractivity (Wildman–Crippen MR) is 94.5 cm³/mol. The highest BCUT2D eigenvalue weighted by Crippen LogP contribution is 2.37. The third-order valence-electron chi connectivity index (χ3n) is 4.93. The van der Waals surface area contributed by atoms with Gasteiger partial charge in [0.1, 0.15) is 5.82 Å². The summed E-state index contributed by atoms with van der Waals surface area (Å²) in [7, 11) is 0. The van der Waals surface area contributed by atoms with Gasteiger partial charge in [-0.2, -0.15) is 0 Å². The monoisotopic (exact) mass is 346 g/mol. The van der Waals surface area contributed by atoms with Crippen molar-refractivity contribution in [2.75, 3.05) is 18.1 Å². The van der Waals surface area contributed by atoms with Gasteiger partial charge in [0.15, 0.2) is 0 Å². The summed E-state index contributed by atoms with van der Waals surface area (Å²) in [6, 6.07) is 4.57. The number of aromatic nitrogens is 1. The number of carboxylic acid groups (broad SMARTS) is 1. The number of aliphatic carboxylic acids is 1. The van der Waals surface area contributed by atoms with Gasteiger partial charge in [-0.05, 0) is 50.8 Å². The van der Waals surface area contributed by atoms with Gasteiger partial charge < -0.3 is 15.1 Å². The van der Waals surface area contributed by atoms with Crippen molar-refractivity contribution in [3.8, 4) is 0 Å². The fourth-order valence-corrected chi connectivity index (χ4v) is 3.81. The Hall–Kier alpha value is -2.21. The highest BCUT2D eigenvalue weighted by Gasteiger charge is 2.28. The molecule has 1 aliphatic heterocycles. The van der Waals surface area contributed by atoms with E-state index in [9.17, 15) is 19.4 Å². The lowest BCUT2D eigenvalue weighted by atomic mass is 9.94. The van der Waals surface area contributed by atoms with Crippen LogP contribution in [0.3, 0.4) is 0 Å². The van der Waals surface area contributed by atoms with Gasteiger partial charge in [0.05, 0.1) is 17.6 Å². The van der Waals surface area contributed by atoms with Crippen molar-refractivity contribution in [1.82, 2.24) is 4.98 Å². The second-order valence-corrected chi connectivity index (χ2v) is 6.61. The van der Waals surface area contributed by atoms with Crippen molar-refractivity contribution >= 4 is 22.6 Å². The van der Waals surface area contributed by atoms with Crippen LogP contribution in [0.4, 0.5) is 10.1 Å². The Morgan fingerprint density at radius 2 is 2.20 bits per heavy atom. The summed E-state index contributed by atoms with van der Waals surface area (Å²) < 4.78 is 13.9. The molecule has 3 rings (SSSR count). The van der Waals surface area contributed by atoms with Gasteiger partial charge in [-0.3, -0.25) is 9.78 Å². The molecular weight excluding hydrogens is 323 g/mol. The smallest absolute Gasteiger partial charge is 0.307 e. The number of anilines is 1. The quantitative estimate of drug-likeness (QED) is 0.870. The number of aliphatic hydroxyl groups excluding tert-OH is 1. The molecule has 1 aromatic carbocycles. The Kier molecular flexibility index (Phi) is 5.18. The highest BCUT2D eigenvalue weighted by molar-refractivity contribution is 5.95. The van der Waals surface area contributed by atoms with E-state index in [0.717, 1.165) is 31.5 Å². The molecule has 2 heterocycles. The summed E-state index contributed by atoms with van der Waals surface area (Å²) in [6.07, 6.45) is 3.47. The van der Waals surface area contributed by atoms with E-state index < -0.39 is 5.97 Å². The van der Waals surface area contributed by atoms with Crippen molar-refractivity contribution < 1.29 is 19.4 Å². The van der Waals surface area contributed by atoms with E-state index in [0.29, 0.717) is 28.6 Å². The van der Waals surface area contributed by atoms with Crippen molar-refractivity contribution in [3.05, 3.63) is 35.3 Å². The van der Waals surface area contributed by atoms with Gasteiger partial charge in [-0.1, -0.05) is 0 Å². The van der Waals surface area contributed by atoms with E-state index in [4.69, 9.17) is 0 Å². The number of benzene rings is 1. The number of hydrogen-bond donors (Lipinski definition) is 2. The van der Waals surface area contributed by atoms with E-state index in [1.54, 1.807) is 13.0 Å². The predicted octanol–water partition coefficient (Wildman–Crippen LogP) is 3.05. The molecule has 134 valence electrons. The molecule has 0 amide bonds. The van der Waals surface area contributed by atoms with Crippen LogP contribution < -0.4 is 4.90 Å². The topological polar surface area (TPSA) is 73.7 Å². The summed E-state index contributed by atoms with van der Waals surface area (Å²) in [4.78, 5) is 18.1. The number of carbonyl (C=O) groups is 1. The van der Waals surface area contributed by atoms with Gasteiger partial charge in [-0.25, -0.2) is 4.39 Å². The first-order valence-corrected chi connectivity index (χ1v) is 8.69. The lowest BCUT2D eigenvalue weighted by Crippen LogP contribution is -2.41. The van der Waals surface area contributed by atoms with Crippen molar-refractivity contribution in [3.63, 3.8) is 0 Å². The van der Waals surface area contributed by atoms with E-state index in [-0.39, 0.29) is 24.9 Å². The van der Waals surface area contributed by atoms with Crippen LogP contribution in [-0.2, 0) is 11.2 Å². The molecule has 1 atom stereocenters. The van der Waals surface area contributed by atoms with Crippen LogP contribution in [0, 0.1) is 12.7 Å². The molecule has 1 aromatic heterocycles. The third kappa shape index (κ3) is 3.58. The molecule has 2 aromatic rings. The number of aryl methyl sites for hydroxylation is 1. The molecule has 1 saturated heterocycles. The molecule has 1 unspecified atom stereocenters. The minimum atomic E-state index is -0.933. The van der Waals surface area contributed by atoms with Crippen LogP contribution in [0.15, 0.2) is 18.2 Å². The van der Waals surface area contributed by atoms with E-state index >= 15 is 0 Å². The van der Waals surface area contributed by atoms with Crippen molar-refractivity contribution in [1.29, 1.82) is 0 Å². The second-order valence-electron chi connectivity index (χ2n) is 6.61. The Morgan fingerprint density at radius 3 is 2.92 bits per heavy atom. The average Bonchev–Trinajstić information content (AvgIpc) is 2.57. The molecule has 1 fully saturated rings. The van der Waals surface area contributed by atoms with Crippen molar-refractivity contribution in [2.24, 2.45) is 0 Å². The maximum absolute atomic E-state index is 13.9. The Morgan fingerprint density at radius 1 is 1.40 bits per heavy atom. The molecule has 6 heteroatoms. The molecule has 0 aliphatic carbocycles. The van der Waals surface area contributed by atoms with Crippen molar-refractivity contribution in [2.45, 2.75) is 45.1 Å². The molecular formula is C19H23FN2O3. The standard InChI is InChI=1S/C19H23FN2O3/c1-12-15(11-18(24)25)19(16-10-13(20)5-6-17(16)21-12)22-8-3-2-4-14(22)7-9-23/h5-6,10,14,23H,2-4,7-9,11H2,1H3,(H,24,25). The molecule has 1 aliphatic rings. The van der Waals surface area contributed by atoms with Gasteiger partial charge in [0.2, 0.25) is 0 Å². The minimum absolute atomic E-state index is 0.0752. The van der Waals surface area contributed by atoms with E-state index in [1.807, 2.05) is 0 Å². The summed E-state index contributed by atoms with van der Waals surface area (Å²) in [6.45, 7) is 2.65. The molecule has 0 saturated carbocycles. The zero-order valence-corrected chi connectivity index (χ0v) is 14.3. The number of hydrogen-bond acceptors (Lipinski definition) is 4. The van der Waals surface area contributed by atoms with Gasteiger partial charge >= 0.3 is 5.97 Å². The first-order valence-electron chi connectivity index (χ1n) is 8.69. The molecule has 25 heavy (non-hydrogen) atoms. The number of fused-ring (bicyclic) bond motifs is 1. The normalized spacial score (nSPS) is 17.9. The number of piperidine rings is 1. The fourth-order valence-electron chi connectivity index (χ4n) is 3.81. The minimum Gasteiger partial charge on any atom is -0.481 e. The number of halogens is 1. The second kappa shape index (κ2) is 7.35. The molecule has 0 radical (unpaired) electrons. The summed E-state index contributed by atoms with van der Waals surface area (Å²) in [5.41, 5.74) is 2.72. The largest absolute Gasteiger partial charge is 0.481 e. The number of rotatable bonds is 5. The summed E-state index contributed by atoms with van der Waals surface area (Å²) in [5.74, 6) is -1.30. The van der Waals surface area contributed by atoms with Crippen LogP contribution in [0.25, 0.3) is 10.9 Å². The first-order chi connectivity index (χ1) is 12.0. The molecule has 0 bridgehead atoms. The van der Waals surface area contributed by atoms with Gasteiger partial charge in [0, 0.05) is 35.8 Å². The lowest BCUT2D eigenvalue weighted by Gasteiger charge is -2.39. The molecule has 2 N–H and O–H groups in total. The maximum Gasteiger partial charge on any atom is 0.307 e.